The predicted octanol–water partition coefficient (Wildman–Crippen LogP) is 3.66. The standard InChI is InChI=1S/C19H24N2O2/c1-13(2)18-12-16(15-7-3-4-8-17(15)21-18)19(22)20-10-9-14-6-5-11-23-14/h3-4,7-8,12-14H,5-6,9-11H2,1-2H3,(H,20,22)/t14-/m1/s1. The van der Waals surface area contributed by atoms with Crippen LogP contribution in [0, 0.1) is 0 Å². The molecule has 1 aromatic heterocycles. The van der Waals surface area contributed by atoms with E-state index in [9.17, 15) is 4.79 Å². The molecule has 1 aliphatic heterocycles. The molecule has 0 radical (unpaired) electrons. The number of carbonyl (C=O) groups excluding carboxylic acids is 1. The Hall–Kier alpha value is -1.94. The van der Waals surface area contributed by atoms with Crippen LogP contribution in [0.5, 0.6) is 0 Å². The summed E-state index contributed by atoms with van der Waals surface area (Å²) < 4.78 is 5.60. The van der Waals surface area contributed by atoms with E-state index >= 15 is 0 Å². The molecule has 1 N–H and O–H groups in total. The minimum atomic E-state index is -0.0245. The van der Waals surface area contributed by atoms with Gasteiger partial charge in [0, 0.05) is 24.2 Å². The Kier molecular flexibility index (Phi) is 4.91. The monoisotopic (exact) mass is 312 g/mol. The molecular weight excluding hydrogens is 288 g/mol. The fraction of sp³-hybridized carbons (Fsp3) is 0.474. The summed E-state index contributed by atoms with van der Waals surface area (Å²) in [4.78, 5) is 17.3. The smallest absolute Gasteiger partial charge is 0.252 e. The van der Waals surface area contributed by atoms with Gasteiger partial charge in [-0.1, -0.05) is 32.0 Å². The first kappa shape index (κ1) is 15.9. The van der Waals surface area contributed by atoms with Crippen LogP contribution in [0.1, 0.15) is 55.1 Å². The summed E-state index contributed by atoms with van der Waals surface area (Å²) in [5.74, 6) is 0.265. The molecule has 1 amide bonds. The van der Waals surface area contributed by atoms with Gasteiger partial charge in [-0.05, 0) is 37.3 Å². The van der Waals surface area contributed by atoms with Crippen molar-refractivity contribution in [1.82, 2.24) is 10.3 Å². The van der Waals surface area contributed by atoms with Crippen molar-refractivity contribution in [3.8, 4) is 0 Å². The number of aromatic nitrogens is 1. The summed E-state index contributed by atoms with van der Waals surface area (Å²) in [5.41, 5.74) is 2.54. The number of carbonyl (C=O) groups is 1. The Labute approximate surface area is 137 Å². The molecule has 0 unspecified atom stereocenters. The Morgan fingerprint density at radius 3 is 2.96 bits per heavy atom. The lowest BCUT2D eigenvalue weighted by atomic mass is 10.0. The zero-order valence-electron chi connectivity index (χ0n) is 13.8. The normalized spacial score (nSPS) is 17.8. The lowest BCUT2D eigenvalue weighted by molar-refractivity contribution is 0.0908. The number of pyridine rings is 1. The number of hydrogen-bond donors (Lipinski definition) is 1. The number of hydrogen-bond acceptors (Lipinski definition) is 3. The molecule has 23 heavy (non-hydrogen) atoms. The van der Waals surface area contributed by atoms with Crippen LogP contribution in [0.3, 0.4) is 0 Å². The highest BCUT2D eigenvalue weighted by Gasteiger charge is 2.17. The summed E-state index contributed by atoms with van der Waals surface area (Å²) in [6, 6.07) is 9.75. The van der Waals surface area contributed by atoms with Gasteiger partial charge in [0.2, 0.25) is 0 Å². The van der Waals surface area contributed by atoms with Crippen LogP contribution < -0.4 is 5.32 Å². The summed E-state index contributed by atoms with van der Waals surface area (Å²) in [7, 11) is 0. The molecule has 122 valence electrons. The predicted molar refractivity (Wildman–Crippen MR) is 91.8 cm³/mol. The van der Waals surface area contributed by atoms with Gasteiger partial charge in [0.25, 0.3) is 5.91 Å². The van der Waals surface area contributed by atoms with Crippen molar-refractivity contribution in [3.63, 3.8) is 0 Å². The maximum atomic E-state index is 12.6. The summed E-state index contributed by atoms with van der Waals surface area (Å²) in [5, 5.41) is 3.95. The molecule has 0 aliphatic carbocycles. The Morgan fingerprint density at radius 2 is 2.22 bits per heavy atom. The van der Waals surface area contributed by atoms with Crippen LogP contribution in [0.25, 0.3) is 10.9 Å². The lowest BCUT2D eigenvalue weighted by Crippen LogP contribution is -2.27. The number of para-hydroxylation sites is 1. The number of rotatable bonds is 5. The van der Waals surface area contributed by atoms with Gasteiger partial charge in [-0.2, -0.15) is 0 Å². The van der Waals surface area contributed by atoms with Crippen LogP contribution in [0.4, 0.5) is 0 Å². The molecule has 0 bridgehead atoms. The van der Waals surface area contributed by atoms with E-state index in [0.717, 1.165) is 42.5 Å². The maximum absolute atomic E-state index is 12.6. The van der Waals surface area contributed by atoms with E-state index < -0.39 is 0 Å². The average Bonchev–Trinajstić information content (AvgIpc) is 3.07. The average molecular weight is 312 g/mol. The zero-order chi connectivity index (χ0) is 16.2. The largest absolute Gasteiger partial charge is 0.378 e. The highest BCUT2D eigenvalue weighted by atomic mass is 16.5. The SMILES string of the molecule is CC(C)c1cc(C(=O)NCC[C@H]2CCCO2)c2ccccc2n1. The maximum Gasteiger partial charge on any atom is 0.252 e. The number of nitrogens with zero attached hydrogens (tertiary/aromatic N) is 1. The fourth-order valence-corrected chi connectivity index (χ4v) is 2.99. The first-order valence-electron chi connectivity index (χ1n) is 8.44. The Balaban J connectivity index is 1.78. The van der Waals surface area contributed by atoms with Gasteiger partial charge in [0.1, 0.15) is 0 Å². The van der Waals surface area contributed by atoms with Crippen molar-refractivity contribution in [2.75, 3.05) is 13.2 Å². The minimum Gasteiger partial charge on any atom is -0.378 e. The molecule has 3 rings (SSSR count). The second-order valence-electron chi connectivity index (χ2n) is 6.45. The van der Waals surface area contributed by atoms with E-state index in [0.29, 0.717) is 18.2 Å². The molecular formula is C19H24N2O2. The third-order valence-corrected chi connectivity index (χ3v) is 4.35. The summed E-state index contributed by atoms with van der Waals surface area (Å²) >= 11 is 0. The molecule has 1 fully saturated rings. The minimum absolute atomic E-state index is 0.0245. The molecule has 2 heterocycles. The van der Waals surface area contributed by atoms with Gasteiger partial charge in [0.05, 0.1) is 17.2 Å². The van der Waals surface area contributed by atoms with E-state index in [1.807, 2.05) is 30.3 Å². The van der Waals surface area contributed by atoms with E-state index in [2.05, 4.69) is 24.1 Å². The van der Waals surface area contributed by atoms with E-state index in [4.69, 9.17) is 4.74 Å². The van der Waals surface area contributed by atoms with Crippen LogP contribution in [0.2, 0.25) is 0 Å². The highest BCUT2D eigenvalue weighted by molar-refractivity contribution is 6.06. The highest BCUT2D eigenvalue weighted by Crippen LogP contribution is 2.22. The van der Waals surface area contributed by atoms with E-state index in [1.54, 1.807) is 0 Å². The van der Waals surface area contributed by atoms with E-state index in [1.165, 1.54) is 0 Å². The van der Waals surface area contributed by atoms with Gasteiger partial charge in [0.15, 0.2) is 0 Å². The van der Waals surface area contributed by atoms with Gasteiger partial charge in [-0.3, -0.25) is 9.78 Å². The van der Waals surface area contributed by atoms with Crippen molar-refractivity contribution < 1.29 is 9.53 Å². The van der Waals surface area contributed by atoms with Crippen molar-refractivity contribution in [3.05, 3.63) is 41.6 Å². The summed E-state index contributed by atoms with van der Waals surface area (Å²) in [6.07, 6.45) is 3.42. The molecule has 4 nitrogen and oxygen atoms in total. The number of amides is 1. The molecule has 1 aliphatic rings. The second kappa shape index (κ2) is 7.09. The number of fused-ring (bicyclic) bond motifs is 1. The van der Waals surface area contributed by atoms with Crippen molar-refractivity contribution >= 4 is 16.8 Å². The molecule has 0 spiro atoms. The molecule has 2 aromatic rings. The van der Waals surface area contributed by atoms with Gasteiger partial charge in [-0.15, -0.1) is 0 Å². The first-order chi connectivity index (χ1) is 11.1. The molecule has 1 saturated heterocycles. The van der Waals surface area contributed by atoms with Crippen LogP contribution in [-0.2, 0) is 4.74 Å². The van der Waals surface area contributed by atoms with Crippen molar-refractivity contribution in [2.45, 2.75) is 45.1 Å². The van der Waals surface area contributed by atoms with Crippen molar-refractivity contribution in [2.24, 2.45) is 0 Å². The lowest BCUT2D eigenvalue weighted by Gasteiger charge is -2.13. The number of ether oxygens (including phenoxy) is 1. The molecule has 1 atom stereocenters. The van der Waals surface area contributed by atoms with Crippen LogP contribution in [0.15, 0.2) is 30.3 Å². The van der Waals surface area contributed by atoms with E-state index in [-0.39, 0.29) is 11.8 Å². The van der Waals surface area contributed by atoms with Gasteiger partial charge >= 0.3 is 0 Å². The number of benzene rings is 1. The zero-order valence-corrected chi connectivity index (χ0v) is 13.8. The topological polar surface area (TPSA) is 51.2 Å². The molecule has 0 saturated carbocycles. The van der Waals surface area contributed by atoms with Crippen LogP contribution in [-0.4, -0.2) is 30.1 Å². The Bertz CT molecular complexity index is 691. The number of nitrogens with one attached hydrogen (secondary N) is 1. The Morgan fingerprint density at radius 1 is 1.39 bits per heavy atom. The first-order valence-corrected chi connectivity index (χ1v) is 8.44. The quantitative estimate of drug-likeness (QED) is 0.916. The second-order valence-corrected chi connectivity index (χ2v) is 6.45. The third-order valence-electron chi connectivity index (χ3n) is 4.35. The van der Waals surface area contributed by atoms with Gasteiger partial charge in [-0.25, -0.2) is 0 Å². The summed E-state index contributed by atoms with van der Waals surface area (Å²) in [6.45, 7) is 5.69. The van der Waals surface area contributed by atoms with Crippen LogP contribution >= 0.6 is 0 Å². The fourth-order valence-electron chi connectivity index (χ4n) is 2.99. The molecule has 4 heteroatoms. The van der Waals surface area contributed by atoms with Crippen molar-refractivity contribution in [1.29, 1.82) is 0 Å². The van der Waals surface area contributed by atoms with Gasteiger partial charge < -0.3 is 10.1 Å². The molecule has 1 aromatic carbocycles. The third kappa shape index (κ3) is 3.70.